The van der Waals surface area contributed by atoms with Crippen LogP contribution in [0.5, 0.6) is 0 Å². The van der Waals surface area contributed by atoms with Crippen molar-refractivity contribution < 1.29 is 19.1 Å². The second kappa shape index (κ2) is 6.60. The number of hydrazine groups is 1. The lowest BCUT2D eigenvalue weighted by Gasteiger charge is -2.30. The summed E-state index contributed by atoms with van der Waals surface area (Å²) < 4.78 is 5.02. The van der Waals surface area contributed by atoms with Crippen molar-refractivity contribution in [2.24, 2.45) is 5.73 Å². The molecule has 1 aromatic rings. The van der Waals surface area contributed by atoms with Crippen LogP contribution in [0.1, 0.15) is 12.0 Å². The van der Waals surface area contributed by atoms with E-state index >= 15 is 0 Å². The van der Waals surface area contributed by atoms with Gasteiger partial charge in [-0.2, -0.15) is 0 Å². The molecule has 1 fully saturated rings. The summed E-state index contributed by atoms with van der Waals surface area (Å²) in [7, 11) is 0. The maximum Gasteiger partial charge on any atom is 0.408 e. The predicted molar refractivity (Wildman–Crippen MR) is 72.6 cm³/mol. The lowest BCUT2D eigenvalue weighted by molar-refractivity contribution is -0.129. The van der Waals surface area contributed by atoms with Gasteiger partial charge in [-0.15, -0.1) is 0 Å². The van der Waals surface area contributed by atoms with Crippen LogP contribution in [-0.4, -0.2) is 35.6 Å². The van der Waals surface area contributed by atoms with Crippen LogP contribution in [0, 0.1) is 0 Å². The summed E-state index contributed by atoms with van der Waals surface area (Å²) in [5.74, 6) is -0.503. The number of hydrogen-bond donors (Lipinski definition) is 3. The van der Waals surface area contributed by atoms with Crippen LogP contribution in [0.3, 0.4) is 0 Å². The van der Waals surface area contributed by atoms with Crippen molar-refractivity contribution in [3.63, 3.8) is 0 Å². The minimum Gasteiger partial charge on any atom is -0.445 e. The van der Waals surface area contributed by atoms with Gasteiger partial charge < -0.3 is 15.8 Å². The summed E-state index contributed by atoms with van der Waals surface area (Å²) in [5, 5.41) is 3.44. The predicted octanol–water partition coefficient (Wildman–Crippen LogP) is 0.0970. The lowest BCUT2D eigenvalue weighted by Crippen LogP contribution is -2.61. The van der Waals surface area contributed by atoms with Gasteiger partial charge in [-0.3, -0.25) is 10.2 Å². The van der Waals surface area contributed by atoms with E-state index in [0.29, 0.717) is 0 Å². The molecule has 0 saturated carbocycles. The average molecular weight is 292 g/mol. The third kappa shape index (κ3) is 4.10. The molecule has 8 nitrogen and oxygen atoms in total. The van der Waals surface area contributed by atoms with Crippen molar-refractivity contribution in [2.45, 2.75) is 19.1 Å². The molecule has 1 saturated heterocycles. The van der Waals surface area contributed by atoms with Crippen molar-refractivity contribution >= 4 is 18.0 Å². The first-order valence-electron chi connectivity index (χ1n) is 6.41. The number of urea groups is 1. The zero-order valence-corrected chi connectivity index (χ0v) is 11.2. The van der Waals surface area contributed by atoms with E-state index in [-0.39, 0.29) is 19.6 Å². The third-order valence-corrected chi connectivity index (χ3v) is 2.97. The number of amides is 4. The highest BCUT2D eigenvalue weighted by atomic mass is 16.5. The van der Waals surface area contributed by atoms with Crippen LogP contribution < -0.4 is 16.5 Å². The summed E-state index contributed by atoms with van der Waals surface area (Å²) >= 11 is 0. The van der Waals surface area contributed by atoms with E-state index in [1.54, 1.807) is 0 Å². The van der Waals surface area contributed by atoms with Crippen molar-refractivity contribution in [1.82, 2.24) is 15.8 Å². The Morgan fingerprint density at radius 2 is 2.10 bits per heavy atom. The molecule has 8 heteroatoms. The Bertz CT molecular complexity index is 534. The second-order valence-corrected chi connectivity index (χ2v) is 4.51. The Balaban J connectivity index is 1.78. The third-order valence-electron chi connectivity index (χ3n) is 2.97. The molecule has 1 heterocycles. The number of benzene rings is 1. The van der Waals surface area contributed by atoms with Gasteiger partial charge in [0, 0.05) is 6.54 Å². The fourth-order valence-corrected chi connectivity index (χ4v) is 1.87. The van der Waals surface area contributed by atoms with Crippen LogP contribution in [0.4, 0.5) is 9.59 Å². The molecule has 1 aromatic carbocycles. The summed E-state index contributed by atoms with van der Waals surface area (Å²) in [4.78, 5) is 34.2. The summed E-state index contributed by atoms with van der Waals surface area (Å²) in [6, 6.07) is 7.70. The Kier molecular flexibility index (Phi) is 4.60. The first-order chi connectivity index (χ1) is 10.1. The van der Waals surface area contributed by atoms with Gasteiger partial charge >= 0.3 is 12.1 Å². The van der Waals surface area contributed by atoms with Crippen LogP contribution in [0.15, 0.2) is 30.3 Å². The first-order valence-corrected chi connectivity index (χ1v) is 6.41. The Morgan fingerprint density at radius 3 is 2.71 bits per heavy atom. The molecule has 0 aliphatic carbocycles. The van der Waals surface area contributed by atoms with E-state index in [9.17, 15) is 14.4 Å². The molecule has 0 spiro atoms. The van der Waals surface area contributed by atoms with Gasteiger partial charge in [0.15, 0.2) is 0 Å². The minimum absolute atomic E-state index is 0.119. The number of primary amides is 1. The van der Waals surface area contributed by atoms with E-state index < -0.39 is 24.1 Å². The number of ether oxygens (including phenoxy) is 1. The minimum atomic E-state index is -0.746. The number of carbonyl (C=O) groups excluding carboxylic acids is 3. The molecule has 0 radical (unpaired) electrons. The summed E-state index contributed by atoms with van der Waals surface area (Å²) in [5.41, 5.74) is 8.19. The molecular weight excluding hydrogens is 276 g/mol. The highest BCUT2D eigenvalue weighted by molar-refractivity contribution is 5.88. The molecule has 1 aliphatic rings. The van der Waals surface area contributed by atoms with Crippen molar-refractivity contribution in [1.29, 1.82) is 0 Å². The molecule has 112 valence electrons. The van der Waals surface area contributed by atoms with Crippen molar-refractivity contribution in [3.05, 3.63) is 35.9 Å². The molecular formula is C13H16N4O4. The van der Waals surface area contributed by atoms with Crippen LogP contribution in [0.2, 0.25) is 0 Å². The zero-order valence-electron chi connectivity index (χ0n) is 11.2. The Hall–Kier alpha value is -2.77. The highest BCUT2D eigenvalue weighted by Crippen LogP contribution is 2.04. The number of nitrogens with zero attached hydrogens (tertiary/aromatic N) is 1. The average Bonchev–Trinajstić information content (AvgIpc) is 2.48. The molecule has 1 aliphatic heterocycles. The van der Waals surface area contributed by atoms with E-state index in [2.05, 4.69) is 10.7 Å². The van der Waals surface area contributed by atoms with Gasteiger partial charge in [-0.25, -0.2) is 14.6 Å². The fraction of sp³-hybridized carbons (Fsp3) is 0.308. The molecule has 1 atom stereocenters. The number of carbonyl (C=O) groups is 3. The summed E-state index contributed by atoms with van der Waals surface area (Å²) in [6.45, 7) is 0.346. The van der Waals surface area contributed by atoms with E-state index in [4.69, 9.17) is 10.5 Å². The van der Waals surface area contributed by atoms with Crippen LogP contribution >= 0.6 is 0 Å². The lowest BCUT2D eigenvalue weighted by atomic mass is 10.1. The van der Waals surface area contributed by atoms with Gasteiger partial charge in [0.2, 0.25) is 0 Å². The quantitative estimate of drug-likeness (QED) is 0.733. The molecule has 0 unspecified atom stereocenters. The van der Waals surface area contributed by atoms with Gasteiger partial charge in [0.25, 0.3) is 5.91 Å². The number of hydrogen-bond acceptors (Lipinski definition) is 4. The molecule has 4 N–H and O–H groups in total. The molecule has 0 aromatic heterocycles. The Labute approximate surface area is 121 Å². The van der Waals surface area contributed by atoms with Gasteiger partial charge in [0.05, 0.1) is 0 Å². The maximum absolute atomic E-state index is 11.7. The molecule has 21 heavy (non-hydrogen) atoms. The van der Waals surface area contributed by atoms with E-state index in [1.807, 2.05) is 30.3 Å². The van der Waals surface area contributed by atoms with Crippen molar-refractivity contribution in [3.8, 4) is 0 Å². The first kappa shape index (κ1) is 14.6. The molecule has 0 bridgehead atoms. The highest BCUT2D eigenvalue weighted by Gasteiger charge is 2.29. The SMILES string of the molecule is NC(=O)N1CC[C@H](NC(=O)OCc2ccccc2)C(=O)N1. The standard InChI is InChI=1S/C13H16N4O4/c14-12(19)17-7-6-10(11(18)16-17)15-13(20)21-8-9-4-2-1-3-5-9/h1-5,10H,6-8H2,(H2,14,19)(H,15,20)(H,16,18)/t10-/m0/s1. The van der Waals surface area contributed by atoms with Crippen LogP contribution in [0.25, 0.3) is 0 Å². The zero-order chi connectivity index (χ0) is 15.2. The molecule has 2 rings (SSSR count). The van der Waals surface area contributed by atoms with Crippen molar-refractivity contribution in [2.75, 3.05) is 6.54 Å². The second-order valence-electron chi connectivity index (χ2n) is 4.51. The monoisotopic (exact) mass is 292 g/mol. The van der Waals surface area contributed by atoms with Gasteiger partial charge in [0.1, 0.15) is 12.6 Å². The van der Waals surface area contributed by atoms with Crippen LogP contribution in [-0.2, 0) is 16.1 Å². The van der Waals surface area contributed by atoms with E-state index in [1.165, 1.54) is 0 Å². The number of nitrogens with one attached hydrogen (secondary N) is 2. The van der Waals surface area contributed by atoms with Gasteiger partial charge in [-0.1, -0.05) is 30.3 Å². The smallest absolute Gasteiger partial charge is 0.408 e. The topological polar surface area (TPSA) is 114 Å². The summed E-state index contributed by atoms with van der Waals surface area (Å²) in [6.07, 6.45) is -0.415. The van der Waals surface area contributed by atoms with E-state index in [0.717, 1.165) is 10.6 Å². The normalized spacial score (nSPS) is 17.8. The largest absolute Gasteiger partial charge is 0.445 e. The maximum atomic E-state index is 11.7. The number of alkyl carbamates (subject to hydrolysis) is 1. The fourth-order valence-electron chi connectivity index (χ4n) is 1.87. The molecule has 4 amide bonds. The van der Waals surface area contributed by atoms with Gasteiger partial charge in [-0.05, 0) is 12.0 Å². The number of nitrogens with two attached hydrogens (primary N) is 1. The number of rotatable bonds is 3. The Morgan fingerprint density at radius 1 is 1.38 bits per heavy atom.